The van der Waals surface area contributed by atoms with Crippen molar-refractivity contribution < 1.29 is 80.2 Å². The molecule has 0 aliphatic carbocycles. The molecule has 0 aliphatic rings. The highest BCUT2D eigenvalue weighted by Gasteiger charge is 2.30. The maximum absolute atomic E-state index is 13.1. The minimum absolute atomic E-state index is 0.107. The van der Waals surface area contributed by atoms with E-state index in [1.807, 2.05) is 0 Å². The lowest BCUT2D eigenvalue weighted by atomic mass is 9.99. The van der Waals surface area contributed by atoms with Crippen LogP contribution >= 0.6 is 15.6 Å². The molecule has 0 aromatic heterocycles. The van der Waals surface area contributed by atoms with E-state index in [1.165, 1.54) is 263 Å². The zero-order valence-corrected chi connectivity index (χ0v) is 69.4. The van der Waals surface area contributed by atoms with E-state index in [4.69, 9.17) is 37.0 Å². The third-order valence-electron chi connectivity index (χ3n) is 20.1. The van der Waals surface area contributed by atoms with Crippen molar-refractivity contribution in [3.63, 3.8) is 0 Å². The number of hydrogen-bond acceptors (Lipinski definition) is 15. The van der Waals surface area contributed by atoms with E-state index in [-0.39, 0.29) is 25.7 Å². The molecule has 0 aliphatic heterocycles. The first-order valence-electron chi connectivity index (χ1n) is 43.5. The summed E-state index contributed by atoms with van der Waals surface area (Å²) in [5.41, 5.74) is 0. The second-order valence-electron chi connectivity index (χ2n) is 30.9. The number of aliphatic hydroxyl groups is 1. The van der Waals surface area contributed by atoms with Crippen LogP contribution in [0.25, 0.3) is 0 Å². The summed E-state index contributed by atoms with van der Waals surface area (Å²) >= 11 is 0. The number of esters is 4. The van der Waals surface area contributed by atoms with Crippen LogP contribution in [-0.4, -0.2) is 96.7 Å². The Hall–Kier alpha value is -1.94. The van der Waals surface area contributed by atoms with Crippen molar-refractivity contribution in [3.05, 3.63) is 0 Å². The highest BCUT2D eigenvalue weighted by atomic mass is 31.2. The maximum atomic E-state index is 13.1. The summed E-state index contributed by atoms with van der Waals surface area (Å²) in [6.07, 6.45) is 66.6. The van der Waals surface area contributed by atoms with E-state index in [2.05, 4.69) is 41.5 Å². The van der Waals surface area contributed by atoms with Crippen molar-refractivity contribution in [2.24, 2.45) is 11.8 Å². The Kier molecular flexibility index (Phi) is 74.1. The average molecular weight is 1510 g/mol. The van der Waals surface area contributed by atoms with Crippen LogP contribution in [0.1, 0.15) is 446 Å². The summed E-state index contributed by atoms with van der Waals surface area (Å²) in [5, 5.41) is 10.7. The van der Waals surface area contributed by atoms with E-state index >= 15 is 0 Å². The number of carbonyl (C=O) groups excluding carboxylic acids is 4. The average Bonchev–Trinajstić information content (AvgIpc) is 0.918. The van der Waals surface area contributed by atoms with Gasteiger partial charge in [0.2, 0.25) is 0 Å². The number of hydrogen-bond donors (Lipinski definition) is 3. The molecular formula is C84H164O17P2. The van der Waals surface area contributed by atoms with Gasteiger partial charge in [-0.1, -0.05) is 395 Å². The first-order chi connectivity index (χ1) is 49.9. The standard InChI is InChI=1S/C84H164O17P2/c1-7-10-12-14-16-18-20-22-23-24-25-26-27-28-29-30-34-39-43-51-57-63-69-84(89)100-79(72-94-81(86)66-60-54-48-41-37-35-31-33-36-40-46-52-58-64-76(4)5)74-98-102(90,91)96-70-78(85)71-97-103(92,93)99-75-80(73-95-82(87)67-61-55-49-45-44-47-53-59-65-77(6)9-3)101-83(88)68-62-56-50-42-38-32-21-19-17-15-13-11-8-2/h76-80,85H,7-75H2,1-6H3,(H,90,91)(H,92,93)/t77?,78-,79-,80-/m1/s1. The van der Waals surface area contributed by atoms with Crippen LogP contribution in [0.3, 0.4) is 0 Å². The number of ether oxygens (including phenoxy) is 4. The predicted octanol–water partition coefficient (Wildman–Crippen LogP) is 25.5. The third-order valence-corrected chi connectivity index (χ3v) is 22.0. The number of carbonyl (C=O) groups is 4. The molecule has 0 heterocycles. The van der Waals surface area contributed by atoms with E-state index in [9.17, 15) is 43.2 Å². The molecule has 0 saturated heterocycles. The Bertz CT molecular complexity index is 1980. The number of aliphatic hydroxyl groups excluding tert-OH is 1. The molecule has 19 heteroatoms. The molecule has 0 saturated carbocycles. The minimum Gasteiger partial charge on any atom is -0.462 e. The molecule has 0 bridgehead atoms. The SMILES string of the molecule is CCCCCCCCCCCCCCCCCCCCCCCCC(=O)O[C@H](COC(=O)CCCCCCCCCCCCCCCC(C)C)COP(=O)(O)OC[C@@H](O)COP(=O)(O)OC[C@@H](COC(=O)CCCCCCCCCCC(C)CC)OC(=O)CCCCCCCCCCCCCCC. The van der Waals surface area contributed by atoms with Gasteiger partial charge in [0.05, 0.1) is 26.4 Å². The van der Waals surface area contributed by atoms with E-state index in [0.29, 0.717) is 25.7 Å². The first-order valence-corrected chi connectivity index (χ1v) is 46.5. The third kappa shape index (κ3) is 76.6. The molecule has 0 spiro atoms. The molecule has 0 aromatic rings. The van der Waals surface area contributed by atoms with Gasteiger partial charge in [-0.3, -0.25) is 37.3 Å². The maximum Gasteiger partial charge on any atom is 0.472 e. The molecule has 3 unspecified atom stereocenters. The van der Waals surface area contributed by atoms with Crippen LogP contribution < -0.4 is 0 Å². The van der Waals surface area contributed by atoms with Crippen molar-refractivity contribution in [3.8, 4) is 0 Å². The number of phosphoric acid groups is 2. The fourth-order valence-electron chi connectivity index (χ4n) is 13.0. The van der Waals surface area contributed by atoms with Crippen molar-refractivity contribution in [2.45, 2.75) is 464 Å². The Morgan fingerprint density at radius 2 is 0.495 bits per heavy atom. The largest absolute Gasteiger partial charge is 0.472 e. The number of rotatable bonds is 83. The Balaban J connectivity index is 5.23. The van der Waals surface area contributed by atoms with Crippen LogP contribution in [0.2, 0.25) is 0 Å². The summed E-state index contributed by atoms with van der Waals surface area (Å²) in [6.45, 7) is 9.67. The molecule has 17 nitrogen and oxygen atoms in total. The quantitative estimate of drug-likeness (QED) is 0.0222. The van der Waals surface area contributed by atoms with Gasteiger partial charge in [0, 0.05) is 25.7 Å². The molecule has 103 heavy (non-hydrogen) atoms. The molecule has 3 N–H and O–H groups in total. The molecule has 0 fully saturated rings. The molecule has 6 atom stereocenters. The lowest BCUT2D eigenvalue weighted by Gasteiger charge is -2.21. The summed E-state index contributed by atoms with van der Waals surface area (Å²) in [7, 11) is -9.92. The highest BCUT2D eigenvalue weighted by Crippen LogP contribution is 2.45. The van der Waals surface area contributed by atoms with Crippen LogP contribution in [0.15, 0.2) is 0 Å². The lowest BCUT2D eigenvalue weighted by molar-refractivity contribution is -0.161. The smallest absolute Gasteiger partial charge is 0.462 e. The number of unbranched alkanes of at least 4 members (excludes halogenated alkanes) is 52. The van der Waals surface area contributed by atoms with E-state index in [0.717, 1.165) is 102 Å². The normalized spacial score (nSPS) is 14.1. The Morgan fingerprint density at radius 1 is 0.282 bits per heavy atom. The van der Waals surface area contributed by atoms with Crippen LogP contribution in [-0.2, 0) is 65.4 Å². The highest BCUT2D eigenvalue weighted by molar-refractivity contribution is 7.47. The summed E-state index contributed by atoms with van der Waals surface area (Å²) in [6, 6.07) is 0. The Labute approximate surface area is 632 Å². The van der Waals surface area contributed by atoms with E-state index in [1.54, 1.807) is 0 Å². The van der Waals surface area contributed by atoms with Gasteiger partial charge < -0.3 is 33.8 Å². The summed E-state index contributed by atoms with van der Waals surface area (Å²) in [4.78, 5) is 73.1. The molecule has 612 valence electrons. The van der Waals surface area contributed by atoms with Gasteiger partial charge in [-0.05, 0) is 37.5 Å². The van der Waals surface area contributed by atoms with Gasteiger partial charge in [0.15, 0.2) is 12.2 Å². The van der Waals surface area contributed by atoms with Crippen molar-refractivity contribution >= 4 is 39.5 Å². The predicted molar refractivity (Wildman–Crippen MR) is 423 cm³/mol. The van der Waals surface area contributed by atoms with Gasteiger partial charge in [-0.2, -0.15) is 0 Å². The van der Waals surface area contributed by atoms with Gasteiger partial charge in [0.1, 0.15) is 19.3 Å². The molecule has 0 rings (SSSR count). The van der Waals surface area contributed by atoms with Crippen molar-refractivity contribution in [1.29, 1.82) is 0 Å². The second-order valence-corrected chi connectivity index (χ2v) is 33.8. The lowest BCUT2D eigenvalue weighted by Crippen LogP contribution is -2.30. The monoisotopic (exact) mass is 1510 g/mol. The van der Waals surface area contributed by atoms with Gasteiger partial charge in [0.25, 0.3) is 0 Å². The zero-order valence-electron chi connectivity index (χ0n) is 67.6. The van der Waals surface area contributed by atoms with Gasteiger partial charge in [-0.25, -0.2) is 9.13 Å². The number of phosphoric ester groups is 2. The van der Waals surface area contributed by atoms with Crippen molar-refractivity contribution in [1.82, 2.24) is 0 Å². The van der Waals surface area contributed by atoms with Crippen LogP contribution in [0, 0.1) is 11.8 Å². The molecule has 0 amide bonds. The Morgan fingerprint density at radius 3 is 0.738 bits per heavy atom. The van der Waals surface area contributed by atoms with Crippen molar-refractivity contribution in [2.75, 3.05) is 39.6 Å². The molecule has 0 aromatic carbocycles. The van der Waals surface area contributed by atoms with E-state index < -0.39 is 97.5 Å². The summed E-state index contributed by atoms with van der Waals surface area (Å²) in [5.74, 6) is -0.536. The first kappa shape index (κ1) is 101. The zero-order chi connectivity index (χ0) is 75.6. The fourth-order valence-corrected chi connectivity index (χ4v) is 14.6. The second kappa shape index (κ2) is 75.5. The molecular weight excluding hydrogens is 1340 g/mol. The van der Waals surface area contributed by atoms with Gasteiger partial charge in [-0.15, -0.1) is 0 Å². The topological polar surface area (TPSA) is 237 Å². The van der Waals surface area contributed by atoms with Crippen LogP contribution in [0.4, 0.5) is 0 Å². The van der Waals surface area contributed by atoms with Crippen LogP contribution in [0.5, 0.6) is 0 Å². The summed E-state index contributed by atoms with van der Waals surface area (Å²) < 4.78 is 68.8. The molecule has 0 radical (unpaired) electrons. The van der Waals surface area contributed by atoms with Gasteiger partial charge >= 0.3 is 39.5 Å². The fraction of sp³-hybridized carbons (Fsp3) is 0.952. The minimum atomic E-state index is -4.96.